The minimum atomic E-state index is -0.320. The van der Waals surface area contributed by atoms with Crippen LogP contribution in [0.15, 0.2) is 48.5 Å². The first-order valence-corrected chi connectivity index (χ1v) is 6.62. The highest BCUT2D eigenvalue weighted by molar-refractivity contribution is 6.11. The predicted octanol–water partition coefficient (Wildman–Crippen LogP) is 3.22. The average molecular weight is 283 g/mol. The molecule has 0 heterocycles. The van der Waals surface area contributed by atoms with E-state index in [9.17, 15) is 9.59 Å². The van der Waals surface area contributed by atoms with E-state index >= 15 is 0 Å². The Balaban J connectivity index is 1.95. The summed E-state index contributed by atoms with van der Waals surface area (Å²) >= 11 is 0. The van der Waals surface area contributed by atoms with Crippen molar-refractivity contribution in [2.45, 2.75) is 13.3 Å². The molecule has 2 aromatic rings. The van der Waals surface area contributed by atoms with Gasteiger partial charge >= 0.3 is 0 Å². The van der Waals surface area contributed by atoms with Crippen molar-refractivity contribution < 1.29 is 14.3 Å². The fourth-order valence-corrected chi connectivity index (χ4v) is 1.87. The fraction of sp³-hybridized carbons (Fsp3) is 0.176. The van der Waals surface area contributed by atoms with Gasteiger partial charge in [0, 0.05) is 11.3 Å². The lowest BCUT2D eigenvalue weighted by atomic mass is 10.1. The van der Waals surface area contributed by atoms with E-state index in [2.05, 4.69) is 5.32 Å². The number of hydrogen-bond donors (Lipinski definition) is 1. The second kappa shape index (κ2) is 6.70. The molecule has 0 atom stereocenters. The molecular formula is C17H17NO3. The van der Waals surface area contributed by atoms with Gasteiger partial charge in [0.1, 0.15) is 5.75 Å². The molecule has 0 saturated heterocycles. The van der Waals surface area contributed by atoms with Crippen LogP contribution >= 0.6 is 0 Å². The summed E-state index contributed by atoms with van der Waals surface area (Å²) < 4.78 is 5.03. The number of carbonyl (C=O) groups is 2. The molecule has 2 aromatic carbocycles. The van der Waals surface area contributed by atoms with E-state index in [1.807, 2.05) is 31.2 Å². The molecule has 2 rings (SSSR count). The molecule has 0 bridgehead atoms. The number of nitrogens with one attached hydrogen (secondary N) is 1. The van der Waals surface area contributed by atoms with Crippen LogP contribution in [0.5, 0.6) is 5.75 Å². The van der Waals surface area contributed by atoms with Crippen molar-refractivity contribution in [1.29, 1.82) is 0 Å². The minimum absolute atomic E-state index is 0.180. The molecule has 21 heavy (non-hydrogen) atoms. The topological polar surface area (TPSA) is 55.4 Å². The molecule has 0 radical (unpaired) electrons. The summed E-state index contributed by atoms with van der Waals surface area (Å²) in [5, 5.41) is 2.71. The van der Waals surface area contributed by atoms with Gasteiger partial charge in [0.25, 0.3) is 0 Å². The van der Waals surface area contributed by atoms with Crippen LogP contribution in [-0.4, -0.2) is 18.8 Å². The number of hydrogen-bond acceptors (Lipinski definition) is 3. The van der Waals surface area contributed by atoms with Crippen LogP contribution in [0.1, 0.15) is 22.3 Å². The van der Waals surface area contributed by atoms with E-state index in [1.54, 1.807) is 31.4 Å². The number of rotatable bonds is 5. The van der Waals surface area contributed by atoms with Crippen molar-refractivity contribution in [2.75, 3.05) is 12.4 Å². The number of ether oxygens (including phenoxy) is 1. The molecule has 0 spiro atoms. The monoisotopic (exact) mass is 283 g/mol. The third-order valence-electron chi connectivity index (χ3n) is 3.07. The van der Waals surface area contributed by atoms with Crippen molar-refractivity contribution >= 4 is 17.4 Å². The van der Waals surface area contributed by atoms with Gasteiger partial charge in [-0.1, -0.05) is 17.7 Å². The molecule has 1 amide bonds. The summed E-state index contributed by atoms with van der Waals surface area (Å²) in [5.41, 5.74) is 2.30. The van der Waals surface area contributed by atoms with Gasteiger partial charge in [0.15, 0.2) is 5.78 Å². The molecule has 4 nitrogen and oxygen atoms in total. The van der Waals surface area contributed by atoms with E-state index in [0.29, 0.717) is 17.0 Å². The second-order valence-corrected chi connectivity index (χ2v) is 4.74. The molecule has 0 aliphatic rings. The number of methoxy groups -OCH3 is 1. The number of anilines is 1. The van der Waals surface area contributed by atoms with E-state index in [-0.39, 0.29) is 18.1 Å². The Kier molecular flexibility index (Phi) is 4.72. The normalized spacial score (nSPS) is 10.0. The van der Waals surface area contributed by atoms with Crippen LogP contribution in [-0.2, 0) is 4.79 Å². The van der Waals surface area contributed by atoms with E-state index in [4.69, 9.17) is 4.74 Å². The average Bonchev–Trinajstić information content (AvgIpc) is 2.49. The largest absolute Gasteiger partial charge is 0.497 e. The van der Waals surface area contributed by atoms with E-state index < -0.39 is 0 Å². The van der Waals surface area contributed by atoms with Crippen LogP contribution in [0.3, 0.4) is 0 Å². The fourth-order valence-electron chi connectivity index (χ4n) is 1.87. The predicted molar refractivity (Wildman–Crippen MR) is 81.8 cm³/mol. The Bertz CT molecular complexity index is 630. The molecule has 0 aromatic heterocycles. The maximum Gasteiger partial charge on any atom is 0.232 e. The van der Waals surface area contributed by atoms with Crippen LogP contribution < -0.4 is 10.1 Å². The van der Waals surface area contributed by atoms with Gasteiger partial charge in [-0.3, -0.25) is 9.59 Å². The zero-order valence-electron chi connectivity index (χ0n) is 12.1. The maximum atomic E-state index is 12.0. The quantitative estimate of drug-likeness (QED) is 0.677. The summed E-state index contributed by atoms with van der Waals surface area (Å²) in [5.74, 6) is 0.137. The Hall–Kier alpha value is -2.62. The number of carbonyl (C=O) groups excluding carboxylic acids is 2. The zero-order valence-corrected chi connectivity index (χ0v) is 12.1. The molecule has 0 saturated carbocycles. The van der Waals surface area contributed by atoms with Crippen molar-refractivity contribution in [3.8, 4) is 5.75 Å². The number of ketones is 1. The third kappa shape index (κ3) is 4.18. The summed E-state index contributed by atoms with van der Waals surface area (Å²) in [7, 11) is 1.56. The smallest absolute Gasteiger partial charge is 0.232 e. The lowest BCUT2D eigenvalue weighted by Crippen LogP contribution is -2.16. The van der Waals surface area contributed by atoms with Gasteiger partial charge in [0.05, 0.1) is 13.5 Å². The highest BCUT2D eigenvalue weighted by atomic mass is 16.5. The number of Topliss-reactive ketones (excluding diaryl/α,β-unsaturated/α-hetero) is 1. The summed E-state index contributed by atoms with van der Waals surface area (Å²) in [6.45, 7) is 1.97. The molecule has 0 aliphatic carbocycles. The van der Waals surface area contributed by atoms with Gasteiger partial charge in [-0.25, -0.2) is 0 Å². The van der Waals surface area contributed by atoms with Gasteiger partial charge in [-0.05, 0) is 43.3 Å². The highest BCUT2D eigenvalue weighted by Gasteiger charge is 2.12. The van der Waals surface area contributed by atoms with E-state index in [1.165, 1.54) is 0 Å². The first-order chi connectivity index (χ1) is 10.1. The van der Waals surface area contributed by atoms with Crippen LogP contribution in [0.2, 0.25) is 0 Å². The molecule has 1 N–H and O–H groups in total. The molecule has 108 valence electrons. The molecule has 0 aliphatic heterocycles. The van der Waals surface area contributed by atoms with Crippen LogP contribution in [0.4, 0.5) is 5.69 Å². The van der Waals surface area contributed by atoms with E-state index in [0.717, 1.165) is 5.56 Å². The Labute approximate surface area is 123 Å². The zero-order chi connectivity index (χ0) is 15.2. The minimum Gasteiger partial charge on any atom is -0.497 e. The van der Waals surface area contributed by atoms with Crippen molar-refractivity contribution in [1.82, 2.24) is 0 Å². The molecule has 0 unspecified atom stereocenters. The van der Waals surface area contributed by atoms with Gasteiger partial charge in [-0.15, -0.1) is 0 Å². The van der Waals surface area contributed by atoms with Crippen LogP contribution in [0.25, 0.3) is 0 Å². The summed E-state index contributed by atoms with van der Waals surface area (Å²) in [4.78, 5) is 23.8. The second-order valence-electron chi connectivity index (χ2n) is 4.74. The number of benzene rings is 2. The highest BCUT2D eigenvalue weighted by Crippen LogP contribution is 2.14. The van der Waals surface area contributed by atoms with Gasteiger partial charge in [0.2, 0.25) is 5.91 Å². The SMILES string of the molecule is COc1ccc(C(=O)CC(=O)Nc2ccc(C)cc2)cc1. The maximum absolute atomic E-state index is 12.0. The summed E-state index contributed by atoms with van der Waals surface area (Å²) in [6.07, 6.45) is -0.180. The van der Waals surface area contributed by atoms with Gasteiger partial charge in [-0.2, -0.15) is 0 Å². The Morgan fingerprint density at radius 1 is 1.00 bits per heavy atom. The van der Waals surface area contributed by atoms with Gasteiger partial charge < -0.3 is 10.1 Å². The molecule has 0 fully saturated rings. The number of amides is 1. The molecular weight excluding hydrogens is 266 g/mol. The van der Waals surface area contributed by atoms with Crippen molar-refractivity contribution in [2.24, 2.45) is 0 Å². The first kappa shape index (κ1) is 14.8. The lowest BCUT2D eigenvalue weighted by Gasteiger charge is -2.06. The molecule has 4 heteroatoms. The standard InChI is InChI=1S/C17H17NO3/c1-12-3-7-14(8-4-12)18-17(20)11-16(19)13-5-9-15(21-2)10-6-13/h3-10H,11H2,1-2H3,(H,18,20). The summed E-state index contributed by atoms with van der Waals surface area (Å²) in [6, 6.07) is 14.1. The van der Waals surface area contributed by atoms with Crippen molar-refractivity contribution in [3.05, 3.63) is 59.7 Å². The third-order valence-corrected chi connectivity index (χ3v) is 3.07. The number of aryl methyl sites for hydroxylation is 1. The first-order valence-electron chi connectivity index (χ1n) is 6.62. The van der Waals surface area contributed by atoms with Crippen LogP contribution in [0, 0.1) is 6.92 Å². The lowest BCUT2D eigenvalue weighted by molar-refractivity contribution is -0.115. The van der Waals surface area contributed by atoms with Crippen molar-refractivity contribution in [3.63, 3.8) is 0 Å². The Morgan fingerprint density at radius 3 is 2.19 bits per heavy atom. The Morgan fingerprint density at radius 2 is 1.62 bits per heavy atom.